The highest BCUT2D eigenvalue weighted by Crippen LogP contribution is 2.31. The van der Waals surface area contributed by atoms with Crippen LogP contribution in [-0.4, -0.2) is 20.3 Å². The van der Waals surface area contributed by atoms with Crippen LogP contribution in [0.5, 0.6) is 0 Å². The molecule has 102 valence electrons. The summed E-state index contributed by atoms with van der Waals surface area (Å²) in [4.78, 5) is 11.3. The van der Waals surface area contributed by atoms with Crippen LogP contribution >= 0.6 is 24.4 Å². The number of pyridine rings is 1. The van der Waals surface area contributed by atoms with E-state index < -0.39 is 0 Å². The highest BCUT2D eigenvalue weighted by Gasteiger charge is 2.14. The maximum atomic E-state index is 4.72. The van der Waals surface area contributed by atoms with Crippen molar-refractivity contribution >= 4 is 35.4 Å². The van der Waals surface area contributed by atoms with Crippen molar-refractivity contribution in [3.05, 3.63) is 36.5 Å². The number of aryl methyl sites for hydroxylation is 1. The summed E-state index contributed by atoms with van der Waals surface area (Å²) in [6.45, 7) is 2.14. The van der Waals surface area contributed by atoms with Crippen LogP contribution in [0, 0.1) is 0 Å². The first-order chi connectivity index (χ1) is 9.70. The Morgan fingerprint density at radius 1 is 1.30 bits per heavy atom. The van der Waals surface area contributed by atoms with Crippen LogP contribution in [0.3, 0.4) is 0 Å². The standard InChI is InChI=1S/C15H15N3S2/c1-3-20-13-5-4-8-16-14(13)15-17-11-9-10(19)6-7-12(11)18(15)2/h4-9,19H,3H2,1-2H3. The Bertz CT molecular complexity index is 765. The van der Waals surface area contributed by atoms with Crippen LogP contribution in [0.4, 0.5) is 0 Å². The molecule has 0 N–H and O–H groups in total. The third kappa shape index (κ3) is 2.31. The Kier molecular flexibility index (Phi) is 3.72. The molecule has 3 aromatic rings. The van der Waals surface area contributed by atoms with Crippen molar-refractivity contribution in [2.75, 3.05) is 5.75 Å². The second-order valence-electron chi connectivity index (χ2n) is 4.45. The monoisotopic (exact) mass is 301 g/mol. The van der Waals surface area contributed by atoms with Gasteiger partial charge in [0.2, 0.25) is 0 Å². The average molecular weight is 301 g/mol. The predicted octanol–water partition coefficient (Wildman–Crippen LogP) is 4.04. The van der Waals surface area contributed by atoms with Crippen molar-refractivity contribution in [1.29, 1.82) is 0 Å². The molecule has 3 nitrogen and oxygen atoms in total. The van der Waals surface area contributed by atoms with Crippen molar-refractivity contribution in [3.63, 3.8) is 0 Å². The Morgan fingerprint density at radius 2 is 2.15 bits per heavy atom. The lowest BCUT2D eigenvalue weighted by Gasteiger charge is -2.06. The van der Waals surface area contributed by atoms with Crippen molar-refractivity contribution in [2.24, 2.45) is 7.05 Å². The fourth-order valence-electron chi connectivity index (χ4n) is 2.23. The number of nitrogens with zero attached hydrogens (tertiary/aromatic N) is 3. The average Bonchev–Trinajstić information content (AvgIpc) is 2.76. The lowest BCUT2D eigenvalue weighted by atomic mass is 10.3. The summed E-state index contributed by atoms with van der Waals surface area (Å²) in [5.74, 6) is 1.92. The van der Waals surface area contributed by atoms with Gasteiger partial charge in [0.15, 0.2) is 5.82 Å². The molecule has 0 unspecified atom stereocenters. The van der Waals surface area contributed by atoms with E-state index in [2.05, 4.69) is 35.2 Å². The third-order valence-electron chi connectivity index (χ3n) is 3.15. The van der Waals surface area contributed by atoms with E-state index >= 15 is 0 Å². The molecule has 0 fully saturated rings. The fraction of sp³-hybridized carbons (Fsp3) is 0.200. The van der Waals surface area contributed by atoms with Crippen molar-refractivity contribution in [3.8, 4) is 11.5 Å². The van der Waals surface area contributed by atoms with Gasteiger partial charge in [-0.25, -0.2) is 4.98 Å². The van der Waals surface area contributed by atoms with Gasteiger partial charge in [0, 0.05) is 23.0 Å². The minimum absolute atomic E-state index is 0.899. The molecule has 0 saturated heterocycles. The van der Waals surface area contributed by atoms with E-state index in [-0.39, 0.29) is 0 Å². The second-order valence-corrected chi connectivity index (χ2v) is 6.27. The van der Waals surface area contributed by atoms with E-state index in [1.54, 1.807) is 11.8 Å². The highest BCUT2D eigenvalue weighted by atomic mass is 32.2. The summed E-state index contributed by atoms with van der Waals surface area (Å²) in [7, 11) is 2.03. The van der Waals surface area contributed by atoms with Crippen molar-refractivity contribution in [2.45, 2.75) is 16.7 Å². The molecule has 2 aromatic heterocycles. The van der Waals surface area contributed by atoms with E-state index in [1.165, 1.54) is 4.90 Å². The molecule has 0 radical (unpaired) electrons. The van der Waals surface area contributed by atoms with Crippen LogP contribution in [0.25, 0.3) is 22.6 Å². The van der Waals surface area contributed by atoms with Gasteiger partial charge in [0.25, 0.3) is 0 Å². The van der Waals surface area contributed by atoms with Gasteiger partial charge < -0.3 is 4.57 Å². The molecule has 1 aromatic carbocycles. The molecule has 0 aliphatic carbocycles. The second kappa shape index (κ2) is 5.50. The molecule has 0 amide bonds. The summed E-state index contributed by atoms with van der Waals surface area (Å²) in [6, 6.07) is 10.1. The smallest absolute Gasteiger partial charge is 0.160 e. The molecule has 0 bridgehead atoms. The fourth-order valence-corrected chi connectivity index (χ4v) is 3.19. The van der Waals surface area contributed by atoms with Gasteiger partial charge in [-0.2, -0.15) is 0 Å². The zero-order valence-electron chi connectivity index (χ0n) is 11.4. The molecule has 0 saturated carbocycles. The van der Waals surface area contributed by atoms with E-state index in [4.69, 9.17) is 4.98 Å². The van der Waals surface area contributed by atoms with E-state index in [9.17, 15) is 0 Å². The van der Waals surface area contributed by atoms with Gasteiger partial charge in [0.1, 0.15) is 5.69 Å². The third-order valence-corrected chi connectivity index (χ3v) is 4.35. The molecular formula is C15H15N3S2. The zero-order chi connectivity index (χ0) is 14.1. The van der Waals surface area contributed by atoms with E-state index in [1.807, 2.05) is 37.5 Å². The first-order valence-electron chi connectivity index (χ1n) is 6.44. The number of rotatable bonds is 3. The van der Waals surface area contributed by atoms with Crippen LogP contribution in [-0.2, 0) is 7.05 Å². The van der Waals surface area contributed by atoms with Crippen LogP contribution < -0.4 is 0 Å². The molecular weight excluding hydrogens is 286 g/mol. The van der Waals surface area contributed by atoms with Crippen molar-refractivity contribution in [1.82, 2.24) is 14.5 Å². The molecule has 20 heavy (non-hydrogen) atoms. The maximum absolute atomic E-state index is 4.72. The Balaban J connectivity index is 2.22. The summed E-state index contributed by atoms with van der Waals surface area (Å²) in [5.41, 5.74) is 2.99. The number of hydrogen-bond donors (Lipinski definition) is 1. The van der Waals surface area contributed by atoms with Gasteiger partial charge in [-0.1, -0.05) is 6.92 Å². The molecule has 0 aliphatic rings. The van der Waals surface area contributed by atoms with Crippen LogP contribution in [0.2, 0.25) is 0 Å². The summed E-state index contributed by atoms with van der Waals surface area (Å²) >= 11 is 6.16. The van der Waals surface area contributed by atoms with Crippen molar-refractivity contribution < 1.29 is 0 Å². The minimum atomic E-state index is 0.899. The van der Waals surface area contributed by atoms with Gasteiger partial charge >= 0.3 is 0 Å². The normalized spacial score (nSPS) is 11.2. The van der Waals surface area contributed by atoms with Crippen LogP contribution in [0.1, 0.15) is 6.92 Å². The Morgan fingerprint density at radius 3 is 2.95 bits per heavy atom. The number of hydrogen-bond acceptors (Lipinski definition) is 4. The molecule has 0 atom stereocenters. The predicted molar refractivity (Wildman–Crippen MR) is 87.6 cm³/mol. The molecule has 5 heteroatoms. The molecule has 3 rings (SSSR count). The highest BCUT2D eigenvalue weighted by molar-refractivity contribution is 7.99. The number of aromatic nitrogens is 3. The van der Waals surface area contributed by atoms with Gasteiger partial charge in [-0.3, -0.25) is 4.98 Å². The number of imidazole rings is 1. The number of benzene rings is 1. The van der Waals surface area contributed by atoms with Gasteiger partial charge in [0.05, 0.1) is 11.0 Å². The molecule has 0 spiro atoms. The maximum Gasteiger partial charge on any atom is 0.160 e. The Labute approximate surface area is 127 Å². The number of thiol groups is 1. The topological polar surface area (TPSA) is 30.7 Å². The number of thioether (sulfide) groups is 1. The summed E-state index contributed by atoms with van der Waals surface area (Å²) < 4.78 is 2.09. The molecule has 0 aliphatic heterocycles. The molecule has 2 heterocycles. The quantitative estimate of drug-likeness (QED) is 0.585. The Hall–Kier alpha value is -1.46. The zero-order valence-corrected chi connectivity index (χ0v) is 13.1. The van der Waals surface area contributed by atoms with E-state index in [0.717, 1.165) is 33.2 Å². The lowest BCUT2D eigenvalue weighted by Crippen LogP contribution is -1.96. The first kappa shape index (κ1) is 13.5. The van der Waals surface area contributed by atoms with Crippen LogP contribution in [0.15, 0.2) is 46.3 Å². The summed E-state index contributed by atoms with van der Waals surface area (Å²) in [6.07, 6.45) is 1.82. The summed E-state index contributed by atoms with van der Waals surface area (Å²) in [5, 5.41) is 0. The van der Waals surface area contributed by atoms with Gasteiger partial charge in [-0.15, -0.1) is 24.4 Å². The van der Waals surface area contributed by atoms with Gasteiger partial charge in [-0.05, 0) is 36.1 Å². The van der Waals surface area contributed by atoms with E-state index in [0.29, 0.717) is 0 Å². The lowest BCUT2D eigenvalue weighted by molar-refractivity contribution is 0.943. The number of fused-ring (bicyclic) bond motifs is 1. The largest absolute Gasteiger partial charge is 0.326 e. The first-order valence-corrected chi connectivity index (χ1v) is 7.87. The SMILES string of the molecule is CCSc1cccnc1-c1nc2cc(S)ccc2n1C. The minimum Gasteiger partial charge on any atom is -0.326 e.